The molecule has 2 fully saturated rings. The number of Topliss-reactive ketones (excluding diaryl/α,β-unsaturated/α-hetero) is 1. The van der Waals surface area contributed by atoms with Crippen LogP contribution < -0.4 is 16.0 Å². The zero-order valence-electron chi connectivity index (χ0n) is 29.3. The number of ketones is 1. The van der Waals surface area contributed by atoms with Crippen molar-refractivity contribution < 1.29 is 28.8 Å². The summed E-state index contributed by atoms with van der Waals surface area (Å²) in [6, 6.07) is 6.64. The number of likely N-dealkylation sites (N-methyl/N-ethyl adjacent to an activating group) is 1. The molecule has 3 N–H and O–H groups in total. The minimum absolute atomic E-state index is 0.0437. The molecule has 264 valence electrons. The summed E-state index contributed by atoms with van der Waals surface area (Å²) in [5.74, 6) is -2.42. The summed E-state index contributed by atoms with van der Waals surface area (Å²) in [4.78, 5) is 79.4. The highest BCUT2D eigenvalue weighted by atomic mass is 16.7. The third-order valence-corrected chi connectivity index (χ3v) is 10.0. The molecule has 4 atom stereocenters. The number of rotatable bonds is 11. The van der Waals surface area contributed by atoms with E-state index in [2.05, 4.69) is 26.1 Å². The van der Waals surface area contributed by atoms with Crippen LogP contribution in [-0.4, -0.2) is 82.3 Å². The lowest BCUT2D eigenvalue weighted by Crippen LogP contribution is -2.59. The molecular formula is C37H50N6O6. The molecule has 12 heteroatoms. The molecule has 3 aliphatic rings. The monoisotopic (exact) mass is 674 g/mol. The van der Waals surface area contributed by atoms with Gasteiger partial charge in [-0.3, -0.25) is 29.0 Å². The molecule has 0 unspecified atom stereocenters. The number of nitrogens with one attached hydrogen (secondary N) is 3. The standard InChI is InChI=1S/C37H50N6O6/c1-6-12-26(31(45)34(47)38-5)40-33(46)28-21-37(20-27(42-49-37)25-17-10-15-24-16-11-18-39-30(24)25)22-43(28)35(48)32(36(2,3)4)41-29(44)19-23-13-8-7-9-14-23/h10-11,15-18,23,26,28,32H,6-9,12-14,19-22H2,1-5H3,(H,38,47)(H,40,46)(H,41,44)/t26-,28-,32+,37+/m0/s1. The number of amides is 4. The summed E-state index contributed by atoms with van der Waals surface area (Å²) >= 11 is 0. The van der Waals surface area contributed by atoms with E-state index in [1.807, 2.05) is 58.0 Å². The van der Waals surface area contributed by atoms with Gasteiger partial charge in [-0.15, -0.1) is 0 Å². The van der Waals surface area contributed by atoms with Gasteiger partial charge in [0, 0.05) is 43.5 Å². The molecule has 4 amide bonds. The maximum absolute atomic E-state index is 14.6. The predicted molar refractivity (Wildman–Crippen MR) is 185 cm³/mol. The van der Waals surface area contributed by atoms with Gasteiger partial charge in [0.1, 0.15) is 12.1 Å². The SMILES string of the molecule is CCC[C@H](NC(=O)[C@@H]1C[C@]2(CC(c3cccc4cccnc34)=NO2)CN1C(=O)[C@@H](NC(=O)CC1CCCCC1)C(C)(C)C)C(=O)C(=O)NC. The molecule has 12 nitrogen and oxygen atoms in total. The molecule has 0 bridgehead atoms. The summed E-state index contributed by atoms with van der Waals surface area (Å²) in [5, 5.41) is 13.6. The zero-order chi connectivity index (χ0) is 35.3. The summed E-state index contributed by atoms with van der Waals surface area (Å²) in [7, 11) is 1.36. The number of oxime groups is 1. The Morgan fingerprint density at radius 3 is 2.47 bits per heavy atom. The number of carbonyl (C=O) groups excluding carboxylic acids is 5. The molecular weight excluding hydrogens is 624 g/mol. The van der Waals surface area contributed by atoms with Crippen molar-refractivity contribution in [2.75, 3.05) is 13.6 Å². The topological polar surface area (TPSA) is 159 Å². The van der Waals surface area contributed by atoms with Crippen LogP contribution in [0.3, 0.4) is 0 Å². The molecule has 1 aromatic heterocycles. The summed E-state index contributed by atoms with van der Waals surface area (Å²) in [6.07, 6.45) is 8.68. The van der Waals surface area contributed by atoms with Crippen LogP contribution in [0.1, 0.15) is 97.5 Å². The van der Waals surface area contributed by atoms with E-state index in [1.165, 1.54) is 18.4 Å². The highest BCUT2D eigenvalue weighted by molar-refractivity contribution is 6.38. The molecule has 1 saturated carbocycles. The van der Waals surface area contributed by atoms with Crippen molar-refractivity contribution in [1.82, 2.24) is 25.8 Å². The first-order valence-corrected chi connectivity index (χ1v) is 17.6. The highest BCUT2D eigenvalue weighted by Crippen LogP contribution is 2.41. The first-order valence-electron chi connectivity index (χ1n) is 17.6. The van der Waals surface area contributed by atoms with Gasteiger partial charge in [0.15, 0.2) is 5.60 Å². The predicted octanol–water partition coefficient (Wildman–Crippen LogP) is 3.80. The van der Waals surface area contributed by atoms with E-state index >= 15 is 0 Å². The van der Waals surface area contributed by atoms with Crippen molar-refractivity contribution in [2.24, 2.45) is 16.5 Å². The molecule has 1 aromatic carbocycles. The molecule has 49 heavy (non-hydrogen) atoms. The van der Waals surface area contributed by atoms with Crippen LogP contribution >= 0.6 is 0 Å². The number of nitrogens with zero attached hydrogens (tertiary/aromatic N) is 3. The summed E-state index contributed by atoms with van der Waals surface area (Å²) in [5.41, 5.74) is 0.534. The fraction of sp³-hybridized carbons (Fsp3) is 0.595. The molecule has 1 spiro atoms. The number of hydrogen-bond donors (Lipinski definition) is 3. The Labute approximate surface area is 288 Å². The lowest BCUT2D eigenvalue weighted by atomic mass is 9.84. The number of carbonyl (C=O) groups is 5. The summed E-state index contributed by atoms with van der Waals surface area (Å²) in [6.45, 7) is 7.56. The van der Waals surface area contributed by atoms with E-state index in [0.29, 0.717) is 25.0 Å². The van der Waals surface area contributed by atoms with Crippen LogP contribution in [0.2, 0.25) is 0 Å². The van der Waals surface area contributed by atoms with Crippen LogP contribution in [0, 0.1) is 11.3 Å². The Morgan fingerprint density at radius 1 is 1.04 bits per heavy atom. The average Bonchev–Trinajstić information content (AvgIpc) is 3.69. The van der Waals surface area contributed by atoms with Crippen molar-refractivity contribution in [3.8, 4) is 0 Å². The Hall–Kier alpha value is -4.35. The van der Waals surface area contributed by atoms with Crippen LogP contribution in [0.4, 0.5) is 0 Å². The highest BCUT2D eigenvalue weighted by Gasteiger charge is 2.55. The average molecular weight is 675 g/mol. The number of pyridine rings is 1. The number of aromatic nitrogens is 1. The van der Waals surface area contributed by atoms with Crippen LogP contribution in [-0.2, 0) is 28.8 Å². The fourth-order valence-corrected chi connectivity index (χ4v) is 7.41. The van der Waals surface area contributed by atoms with Gasteiger partial charge in [-0.2, -0.15) is 0 Å². The Bertz CT molecular complexity index is 1610. The second-order valence-corrected chi connectivity index (χ2v) is 14.9. The van der Waals surface area contributed by atoms with Crippen molar-refractivity contribution in [1.29, 1.82) is 0 Å². The van der Waals surface area contributed by atoms with E-state index < -0.39 is 52.6 Å². The van der Waals surface area contributed by atoms with Crippen LogP contribution in [0.15, 0.2) is 41.7 Å². The van der Waals surface area contributed by atoms with Gasteiger partial charge in [-0.1, -0.05) is 82.8 Å². The van der Waals surface area contributed by atoms with Crippen molar-refractivity contribution in [3.63, 3.8) is 0 Å². The lowest BCUT2D eigenvalue weighted by Gasteiger charge is -2.36. The molecule has 2 aliphatic heterocycles. The first-order chi connectivity index (χ1) is 23.4. The third-order valence-electron chi connectivity index (χ3n) is 10.0. The molecule has 0 radical (unpaired) electrons. The lowest BCUT2D eigenvalue weighted by molar-refractivity contribution is -0.145. The molecule has 5 rings (SSSR count). The van der Waals surface area contributed by atoms with Crippen molar-refractivity contribution in [2.45, 2.75) is 116 Å². The smallest absolute Gasteiger partial charge is 0.289 e. The van der Waals surface area contributed by atoms with Gasteiger partial charge in [0.25, 0.3) is 5.91 Å². The van der Waals surface area contributed by atoms with Crippen molar-refractivity contribution in [3.05, 3.63) is 42.1 Å². The number of hydrogen-bond acceptors (Lipinski definition) is 8. The van der Waals surface area contributed by atoms with E-state index in [9.17, 15) is 24.0 Å². The van der Waals surface area contributed by atoms with Gasteiger partial charge >= 0.3 is 0 Å². The number of likely N-dealkylation sites (tertiary alicyclic amines) is 1. The number of para-hydroxylation sites is 1. The van der Waals surface area contributed by atoms with Gasteiger partial charge in [-0.05, 0) is 36.7 Å². The normalized spacial score (nSPS) is 22.3. The second-order valence-electron chi connectivity index (χ2n) is 14.9. The Balaban J connectivity index is 1.43. The van der Waals surface area contributed by atoms with Crippen LogP contribution in [0.5, 0.6) is 0 Å². The first kappa shape index (κ1) is 35.9. The van der Waals surface area contributed by atoms with E-state index in [4.69, 9.17) is 4.84 Å². The quantitative estimate of drug-likeness (QED) is 0.306. The van der Waals surface area contributed by atoms with Gasteiger partial charge < -0.3 is 25.7 Å². The zero-order valence-corrected chi connectivity index (χ0v) is 29.3. The van der Waals surface area contributed by atoms with Crippen molar-refractivity contribution >= 4 is 46.0 Å². The molecule has 1 aliphatic carbocycles. The molecule has 2 aromatic rings. The van der Waals surface area contributed by atoms with Gasteiger partial charge in [0.2, 0.25) is 23.5 Å². The minimum atomic E-state index is -1.06. The minimum Gasteiger partial charge on any atom is -0.387 e. The van der Waals surface area contributed by atoms with E-state index in [0.717, 1.165) is 42.1 Å². The maximum Gasteiger partial charge on any atom is 0.289 e. The summed E-state index contributed by atoms with van der Waals surface area (Å²) < 4.78 is 0. The van der Waals surface area contributed by atoms with Gasteiger partial charge in [0.05, 0.1) is 23.8 Å². The van der Waals surface area contributed by atoms with E-state index in [-0.39, 0.29) is 31.2 Å². The largest absolute Gasteiger partial charge is 0.387 e. The Kier molecular flexibility index (Phi) is 11.0. The third kappa shape index (κ3) is 8.11. The van der Waals surface area contributed by atoms with Crippen LogP contribution in [0.25, 0.3) is 10.9 Å². The maximum atomic E-state index is 14.6. The van der Waals surface area contributed by atoms with Gasteiger partial charge in [-0.25, -0.2) is 0 Å². The van der Waals surface area contributed by atoms with E-state index in [1.54, 1.807) is 6.20 Å². The molecule has 1 saturated heterocycles. The number of benzene rings is 1. The number of fused-ring (bicyclic) bond motifs is 1. The Morgan fingerprint density at radius 2 is 1.78 bits per heavy atom. The molecule has 3 heterocycles. The fourth-order valence-electron chi connectivity index (χ4n) is 7.41. The second kappa shape index (κ2) is 15.0.